The average Bonchev–Trinajstić information content (AvgIpc) is 2.74. The molecule has 1 aliphatic carbocycles. The summed E-state index contributed by atoms with van der Waals surface area (Å²) in [5.41, 5.74) is 7.74. The van der Waals surface area contributed by atoms with Gasteiger partial charge >= 0.3 is 0 Å². The summed E-state index contributed by atoms with van der Waals surface area (Å²) in [4.78, 5) is 8.89. The predicted molar refractivity (Wildman–Crippen MR) is 79.6 cm³/mol. The van der Waals surface area contributed by atoms with Crippen LogP contribution in [0.15, 0.2) is 12.1 Å². The number of fused-ring (bicyclic) bond motifs is 1. The van der Waals surface area contributed by atoms with E-state index in [-0.39, 0.29) is 0 Å². The van der Waals surface area contributed by atoms with Crippen LogP contribution in [0.4, 0.5) is 5.95 Å². The number of ether oxygens (including phenoxy) is 1. The van der Waals surface area contributed by atoms with Crippen molar-refractivity contribution in [2.45, 2.75) is 39.2 Å². The molecule has 0 aromatic carbocycles. The summed E-state index contributed by atoms with van der Waals surface area (Å²) < 4.78 is 7.24. The molecule has 0 saturated heterocycles. The lowest BCUT2D eigenvalue weighted by atomic mass is 9.82. The Morgan fingerprint density at radius 1 is 1.35 bits per heavy atom. The summed E-state index contributed by atoms with van der Waals surface area (Å²) in [6.45, 7) is 3.25. The third-order valence-corrected chi connectivity index (χ3v) is 4.29. The van der Waals surface area contributed by atoms with Gasteiger partial charge in [0.25, 0.3) is 0 Å². The van der Waals surface area contributed by atoms with Crippen molar-refractivity contribution in [3.8, 4) is 5.88 Å². The number of rotatable bonds is 3. The van der Waals surface area contributed by atoms with Crippen molar-refractivity contribution in [1.82, 2.24) is 14.5 Å². The number of nitrogens with zero attached hydrogens (tertiary/aromatic N) is 3. The molecule has 5 nitrogen and oxygen atoms in total. The molecule has 0 radical (unpaired) electrons. The van der Waals surface area contributed by atoms with Crippen LogP contribution in [-0.2, 0) is 6.54 Å². The van der Waals surface area contributed by atoms with Crippen LogP contribution in [0.5, 0.6) is 5.88 Å². The molecule has 1 aliphatic rings. The van der Waals surface area contributed by atoms with Crippen molar-refractivity contribution < 1.29 is 4.74 Å². The van der Waals surface area contributed by atoms with Crippen LogP contribution in [0.25, 0.3) is 11.2 Å². The van der Waals surface area contributed by atoms with Crippen molar-refractivity contribution in [2.24, 2.45) is 11.8 Å². The summed E-state index contributed by atoms with van der Waals surface area (Å²) in [6, 6.07) is 3.74. The third kappa shape index (κ3) is 2.44. The van der Waals surface area contributed by atoms with E-state index >= 15 is 0 Å². The number of methoxy groups -OCH3 is 1. The van der Waals surface area contributed by atoms with Crippen molar-refractivity contribution in [2.75, 3.05) is 12.8 Å². The Morgan fingerprint density at radius 2 is 2.20 bits per heavy atom. The van der Waals surface area contributed by atoms with Gasteiger partial charge in [-0.15, -0.1) is 0 Å². The molecule has 0 spiro atoms. The summed E-state index contributed by atoms with van der Waals surface area (Å²) in [6.07, 6.45) is 5.20. The number of hydrogen-bond donors (Lipinski definition) is 1. The molecule has 0 aliphatic heterocycles. The smallest absolute Gasteiger partial charge is 0.215 e. The number of nitrogen functional groups attached to an aromatic ring is 1. The van der Waals surface area contributed by atoms with Crippen LogP contribution < -0.4 is 10.5 Å². The highest BCUT2D eigenvalue weighted by molar-refractivity contribution is 5.74. The Morgan fingerprint density at radius 3 is 2.95 bits per heavy atom. The van der Waals surface area contributed by atoms with E-state index in [2.05, 4.69) is 16.9 Å². The first kappa shape index (κ1) is 13.2. The molecule has 2 unspecified atom stereocenters. The zero-order valence-electron chi connectivity index (χ0n) is 12.2. The van der Waals surface area contributed by atoms with Gasteiger partial charge in [-0.2, -0.15) is 4.98 Å². The summed E-state index contributed by atoms with van der Waals surface area (Å²) >= 11 is 0. The second-order valence-electron chi connectivity index (χ2n) is 5.91. The molecule has 20 heavy (non-hydrogen) atoms. The van der Waals surface area contributed by atoms with Gasteiger partial charge in [0.1, 0.15) is 5.52 Å². The standard InChI is InChI=1S/C15H22N4O/c1-10-4-3-5-11(8-10)9-19-14-12(17-15(19)16)6-7-13(18-14)20-2/h6-7,10-11H,3-5,8-9H2,1-2H3,(H2,16,17). The highest BCUT2D eigenvalue weighted by atomic mass is 16.5. The minimum absolute atomic E-state index is 0.555. The van der Waals surface area contributed by atoms with Gasteiger partial charge in [-0.1, -0.05) is 19.8 Å². The topological polar surface area (TPSA) is 66.0 Å². The lowest BCUT2D eigenvalue weighted by molar-refractivity contribution is 0.259. The molecule has 2 atom stereocenters. The molecule has 2 aromatic rings. The SMILES string of the molecule is COc1ccc2nc(N)n(CC3CCCC(C)C3)c2n1. The number of anilines is 1. The van der Waals surface area contributed by atoms with E-state index in [1.54, 1.807) is 7.11 Å². The van der Waals surface area contributed by atoms with E-state index in [4.69, 9.17) is 10.5 Å². The van der Waals surface area contributed by atoms with Gasteiger partial charge in [-0.25, -0.2) is 4.98 Å². The minimum atomic E-state index is 0.555. The van der Waals surface area contributed by atoms with Gasteiger partial charge in [-0.05, 0) is 30.7 Å². The molecule has 3 rings (SSSR count). The number of aromatic nitrogens is 3. The zero-order chi connectivity index (χ0) is 14.1. The van der Waals surface area contributed by atoms with Gasteiger partial charge in [0, 0.05) is 12.6 Å². The Hall–Kier alpha value is -1.78. The first-order valence-corrected chi connectivity index (χ1v) is 7.34. The number of hydrogen-bond acceptors (Lipinski definition) is 4. The maximum Gasteiger partial charge on any atom is 0.215 e. The van der Waals surface area contributed by atoms with Crippen molar-refractivity contribution in [3.05, 3.63) is 12.1 Å². The van der Waals surface area contributed by atoms with Crippen LogP contribution in [0, 0.1) is 11.8 Å². The maximum atomic E-state index is 6.07. The van der Waals surface area contributed by atoms with E-state index < -0.39 is 0 Å². The largest absolute Gasteiger partial charge is 0.481 e. The second-order valence-corrected chi connectivity index (χ2v) is 5.91. The second kappa shape index (κ2) is 5.31. The lowest BCUT2D eigenvalue weighted by Crippen LogP contribution is -2.19. The molecule has 2 aromatic heterocycles. The first-order valence-electron chi connectivity index (χ1n) is 7.34. The van der Waals surface area contributed by atoms with Gasteiger partial charge in [0.05, 0.1) is 7.11 Å². The van der Waals surface area contributed by atoms with E-state index in [0.29, 0.717) is 17.7 Å². The number of imidazole rings is 1. The quantitative estimate of drug-likeness (QED) is 0.934. The van der Waals surface area contributed by atoms with Gasteiger partial charge in [0.15, 0.2) is 5.65 Å². The Labute approximate surface area is 119 Å². The molecule has 2 N–H and O–H groups in total. The van der Waals surface area contributed by atoms with Gasteiger partial charge in [-0.3, -0.25) is 4.57 Å². The summed E-state index contributed by atoms with van der Waals surface area (Å²) in [7, 11) is 1.63. The molecule has 2 heterocycles. The van der Waals surface area contributed by atoms with E-state index in [1.165, 1.54) is 25.7 Å². The van der Waals surface area contributed by atoms with Crippen LogP contribution in [0.2, 0.25) is 0 Å². The monoisotopic (exact) mass is 274 g/mol. The Kier molecular flexibility index (Phi) is 3.51. The van der Waals surface area contributed by atoms with E-state index in [9.17, 15) is 0 Å². The Bertz CT molecular complexity index is 607. The average molecular weight is 274 g/mol. The third-order valence-electron chi connectivity index (χ3n) is 4.29. The van der Waals surface area contributed by atoms with E-state index in [0.717, 1.165) is 23.6 Å². The zero-order valence-corrected chi connectivity index (χ0v) is 12.2. The van der Waals surface area contributed by atoms with Crippen LogP contribution in [-0.4, -0.2) is 21.6 Å². The van der Waals surface area contributed by atoms with Crippen molar-refractivity contribution in [3.63, 3.8) is 0 Å². The minimum Gasteiger partial charge on any atom is -0.481 e. The summed E-state index contributed by atoms with van der Waals surface area (Å²) in [5.74, 6) is 2.65. The van der Waals surface area contributed by atoms with Gasteiger partial charge < -0.3 is 10.5 Å². The molecule has 5 heteroatoms. The highest BCUT2D eigenvalue weighted by Gasteiger charge is 2.21. The fraction of sp³-hybridized carbons (Fsp3) is 0.600. The molecule has 0 amide bonds. The fourth-order valence-corrected chi connectivity index (χ4v) is 3.28. The molecule has 1 fully saturated rings. The predicted octanol–water partition coefficient (Wildman–Crippen LogP) is 2.85. The van der Waals surface area contributed by atoms with Crippen LogP contribution in [0.3, 0.4) is 0 Å². The van der Waals surface area contributed by atoms with Crippen LogP contribution >= 0.6 is 0 Å². The first-order chi connectivity index (χ1) is 9.67. The van der Waals surface area contributed by atoms with Crippen molar-refractivity contribution >= 4 is 17.1 Å². The lowest BCUT2D eigenvalue weighted by Gasteiger charge is -2.27. The van der Waals surface area contributed by atoms with E-state index in [1.807, 2.05) is 16.7 Å². The molecule has 108 valence electrons. The maximum absolute atomic E-state index is 6.07. The number of pyridine rings is 1. The van der Waals surface area contributed by atoms with Crippen molar-refractivity contribution in [1.29, 1.82) is 0 Å². The molecular formula is C15H22N4O. The molecule has 1 saturated carbocycles. The summed E-state index contributed by atoms with van der Waals surface area (Å²) in [5, 5.41) is 0. The van der Waals surface area contributed by atoms with Crippen LogP contribution in [0.1, 0.15) is 32.6 Å². The normalized spacial score (nSPS) is 23.1. The Balaban J connectivity index is 1.91. The number of nitrogens with two attached hydrogens (primary N) is 1. The fourth-order valence-electron chi connectivity index (χ4n) is 3.28. The van der Waals surface area contributed by atoms with Gasteiger partial charge in [0.2, 0.25) is 11.8 Å². The highest BCUT2D eigenvalue weighted by Crippen LogP contribution is 2.31. The molecule has 0 bridgehead atoms. The molecular weight excluding hydrogens is 252 g/mol.